The molecule has 0 atom stereocenters. The molecule has 1 saturated heterocycles. The Bertz CT molecular complexity index is 515. The van der Waals surface area contributed by atoms with Gasteiger partial charge in [-0.1, -0.05) is 6.07 Å². The Morgan fingerprint density at radius 2 is 1.95 bits per heavy atom. The average molecular weight is 307 g/mol. The maximum Gasteiger partial charge on any atom is 0.255 e. The third kappa shape index (κ3) is 3.69. The van der Waals surface area contributed by atoms with Crippen molar-refractivity contribution >= 4 is 5.91 Å². The zero-order chi connectivity index (χ0) is 15.2. The predicted octanol–water partition coefficient (Wildman–Crippen LogP) is -0.507. The molecule has 0 aliphatic carbocycles. The molecule has 0 radical (unpaired) electrons. The number of amides is 1. The fourth-order valence-electron chi connectivity index (χ4n) is 2.73. The molecule has 6 heteroatoms. The molecule has 22 heavy (non-hydrogen) atoms. The van der Waals surface area contributed by atoms with Crippen LogP contribution < -0.4 is 19.7 Å². The Morgan fingerprint density at radius 1 is 1.14 bits per heavy atom. The van der Waals surface area contributed by atoms with E-state index in [4.69, 9.17) is 14.2 Å². The number of morpholine rings is 1. The Morgan fingerprint density at radius 3 is 2.82 bits per heavy atom. The molecule has 2 aliphatic rings. The molecule has 0 unspecified atom stereocenters. The summed E-state index contributed by atoms with van der Waals surface area (Å²) < 4.78 is 16.6. The van der Waals surface area contributed by atoms with Gasteiger partial charge in [0.1, 0.15) is 13.1 Å². The van der Waals surface area contributed by atoms with Gasteiger partial charge in [-0.25, -0.2) is 0 Å². The lowest BCUT2D eigenvalue weighted by atomic mass is 10.1. The van der Waals surface area contributed by atoms with Gasteiger partial charge >= 0.3 is 0 Å². The lowest BCUT2D eigenvalue weighted by Gasteiger charge is -2.23. The first-order chi connectivity index (χ1) is 10.8. The molecule has 3 rings (SSSR count). The second-order valence-electron chi connectivity index (χ2n) is 5.55. The van der Waals surface area contributed by atoms with Gasteiger partial charge in [0.05, 0.1) is 45.1 Å². The number of hydrogen-bond donors (Lipinski definition) is 2. The van der Waals surface area contributed by atoms with Crippen LogP contribution >= 0.6 is 0 Å². The summed E-state index contributed by atoms with van der Waals surface area (Å²) in [5.74, 6) is 1.12. The molecule has 2 heterocycles. The van der Waals surface area contributed by atoms with Gasteiger partial charge in [-0.2, -0.15) is 0 Å². The topological polar surface area (TPSA) is 61.2 Å². The van der Waals surface area contributed by atoms with Crippen LogP contribution in [0.1, 0.15) is 16.8 Å². The Kier molecular flexibility index (Phi) is 5.13. The van der Waals surface area contributed by atoms with Crippen molar-refractivity contribution in [1.29, 1.82) is 0 Å². The molecule has 1 aromatic rings. The van der Waals surface area contributed by atoms with E-state index in [-0.39, 0.29) is 5.91 Å². The SMILES string of the molecule is O=C(NCC[NH+]1CCOCC1)c1cccc2c1OCCCO2. The summed E-state index contributed by atoms with van der Waals surface area (Å²) in [6, 6.07) is 5.45. The lowest BCUT2D eigenvalue weighted by Crippen LogP contribution is -3.14. The minimum atomic E-state index is -0.102. The summed E-state index contributed by atoms with van der Waals surface area (Å²) in [5.41, 5.74) is 0.552. The first kappa shape index (κ1) is 15.1. The van der Waals surface area contributed by atoms with E-state index in [9.17, 15) is 4.79 Å². The number of benzene rings is 1. The summed E-state index contributed by atoms with van der Waals surface area (Å²) in [6.45, 7) is 6.40. The van der Waals surface area contributed by atoms with E-state index in [1.807, 2.05) is 12.1 Å². The minimum absolute atomic E-state index is 0.102. The van der Waals surface area contributed by atoms with Crippen LogP contribution in [0.25, 0.3) is 0 Å². The predicted molar refractivity (Wildman–Crippen MR) is 80.8 cm³/mol. The summed E-state index contributed by atoms with van der Waals surface area (Å²) >= 11 is 0. The first-order valence-corrected chi connectivity index (χ1v) is 7.93. The molecule has 2 N–H and O–H groups in total. The van der Waals surface area contributed by atoms with E-state index in [1.165, 1.54) is 4.90 Å². The molecular formula is C16H23N2O4+. The number of hydrogen-bond acceptors (Lipinski definition) is 4. The normalized spacial score (nSPS) is 18.5. The van der Waals surface area contributed by atoms with Crippen molar-refractivity contribution in [3.8, 4) is 11.5 Å². The highest BCUT2D eigenvalue weighted by atomic mass is 16.5. The summed E-state index contributed by atoms with van der Waals surface area (Å²) in [6.07, 6.45) is 0.829. The van der Waals surface area contributed by atoms with E-state index in [0.29, 0.717) is 36.8 Å². The van der Waals surface area contributed by atoms with Crippen molar-refractivity contribution in [2.24, 2.45) is 0 Å². The standard InChI is InChI=1S/C16H22N2O4/c19-16(17-5-6-18-7-11-20-12-8-18)13-3-1-4-14-15(13)22-10-2-9-21-14/h1,3-4H,2,5-12H2,(H,17,19)/p+1. The lowest BCUT2D eigenvalue weighted by molar-refractivity contribution is -0.906. The van der Waals surface area contributed by atoms with Gasteiger partial charge in [0, 0.05) is 6.42 Å². The molecule has 1 amide bonds. The van der Waals surface area contributed by atoms with Crippen LogP contribution in [-0.2, 0) is 4.74 Å². The van der Waals surface area contributed by atoms with Gasteiger partial charge in [0.15, 0.2) is 11.5 Å². The highest BCUT2D eigenvalue weighted by Crippen LogP contribution is 2.32. The number of carbonyl (C=O) groups excluding carboxylic acids is 1. The van der Waals surface area contributed by atoms with Crippen molar-refractivity contribution in [3.63, 3.8) is 0 Å². The number of fused-ring (bicyclic) bond motifs is 1. The van der Waals surface area contributed by atoms with E-state index < -0.39 is 0 Å². The van der Waals surface area contributed by atoms with Crippen LogP contribution in [0.5, 0.6) is 11.5 Å². The summed E-state index contributed by atoms with van der Waals surface area (Å²) in [4.78, 5) is 13.9. The zero-order valence-corrected chi connectivity index (χ0v) is 12.7. The monoisotopic (exact) mass is 307 g/mol. The number of nitrogens with one attached hydrogen (secondary N) is 2. The van der Waals surface area contributed by atoms with Gasteiger partial charge < -0.3 is 24.4 Å². The molecule has 120 valence electrons. The molecule has 0 aromatic heterocycles. The Hall–Kier alpha value is -1.79. The van der Waals surface area contributed by atoms with Gasteiger partial charge in [-0.05, 0) is 12.1 Å². The average Bonchev–Trinajstić information content (AvgIpc) is 2.81. The number of carbonyl (C=O) groups is 1. The molecule has 1 fully saturated rings. The van der Waals surface area contributed by atoms with E-state index in [2.05, 4.69) is 5.32 Å². The van der Waals surface area contributed by atoms with Crippen molar-refractivity contribution in [2.45, 2.75) is 6.42 Å². The van der Waals surface area contributed by atoms with Crippen LogP contribution in [-0.4, -0.2) is 58.5 Å². The van der Waals surface area contributed by atoms with Crippen molar-refractivity contribution in [1.82, 2.24) is 5.32 Å². The third-order valence-corrected chi connectivity index (χ3v) is 3.98. The molecule has 6 nitrogen and oxygen atoms in total. The fourth-order valence-corrected chi connectivity index (χ4v) is 2.73. The number of para-hydroxylation sites is 1. The molecule has 0 bridgehead atoms. The summed E-state index contributed by atoms with van der Waals surface area (Å²) in [5, 5.41) is 2.98. The van der Waals surface area contributed by atoms with Crippen LogP contribution in [0.3, 0.4) is 0 Å². The number of ether oxygens (including phenoxy) is 3. The van der Waals surface area contributed by atoms with E-state index in [1.54, 1.807) is 6.07 Å². The molecule has 2 aliphatic heterocycles. The highest BCUT2D eigenvalue weighted by Gasteiger charge is 2.20. The smallest absolute Gasteiger partial charge is 0.255 e. The molecular weight excluding hydrogens is 284 g/mol. The Balaban J connectivity index is 1.57. The van der Waals surface area contributed by atoms with Gasteiger partial charge in [-0.15, -0.1) is 0 Å². The van der Waals surface area contributed by atoms with Crippen molar-refractivity contribution in [3.05, 3.63) is 23.8 Å². The zero-order valence-electron chi connectivity index (χ0n) is 12.7. The van der Waals surface area contributed by atoms with Crippen LogP contribution in [0.2, 0.25) is 0 Å². The van der Waals surface area contributed by atoms with E-state index >= 15 is 0 Å². The second-order valence-corrected chi connectivity index (χ2v) is 5.55. The maximum absolute atomic E-state index is 12.4. The van der Waals surface area contributed by atoms with Crippen LogP contribution in [0.15, 0.2) is 18.2 Å². The second kappa shape index (κ2) is 7.47. The number of quaternary nitrogens is 1. The highest BCUT2D eigenvalue weighted by molar-refractivity contribution is 5.97. The van der Waals surface area contributed by atoms with Crippen molar-refractivity contribution < 1.29 is 23.9 Å². The van der Waals surface area contributed by atoms with Crippen molar-refractivity contribution in [2.75, 3.05) is 52.6 Å². The van der Waals surface area contributed by atoms with Crippen LogP contribution in [0.4, 0.5) is 0 Å². The summed E-state index contributed by atoms with van der Waals surface area (Å²) in [7, 11) is 0. The van der Waals surface area contributed by atoms with Gasteiger partial charge in [0.25, 0.3) is 5.91 Å². The van der Waals surface area contributed by atoms with Crippen LogP contribution in [0, 0.1) is 0 Å². The molecule has 0 spiro atoms. The largest absolute Gasteiger partial charge is 0.490 e. The van der Waals surface area contributed by atoms with Gasteiger partial charge in [0.2, 0.25) is 0 Å². The fraction of sp³-hybridized carbons (Fsp3) is 0.562. The first-order valence-electron chi connectivity index (χ1n) is 7.93. The quantitative estimate of drug-likeness (QED) is 0.787. The minimum Gasteiger partial charge on any atom is -0.490 e. The maximum atomic E-state index is 12.4. The third-order valence-electron chi connectivity index (χ3n) is 3.98. The van der Waals surface area contributed by atoms with E-state index in [0.717, 1.165) is 39.3 Å². The number of rotatable bonds is 4. The molecule has 1 aromatic carbocycles. The Labute approximate surface area is 130 Å². The van der Waals surface area contributed by atoms with Gasteiger partial charge in [-0.3, -0.25) is 4.79 Å². The molecule has 0 saturated carbocycles.